The summed E-state index contributed by atoms with van der Waals surface area (Å²) in [7, 11) is 3.23. The average molecular weight is 356 g/mol. The second kappa shape index (κ2) is 6.17. The number of methoxy groups -OCH3 is 2. The Hall–Kier alpha value is -2.94. The molecule has 0 amide bonds. The first-order chi connectivity index (χ1) is 12.2. The fraction of sp³-hybridized carbons (Fsp3) is 0.250. The lowest BCUT2D eigenvalue weighted by atomic mass is 10.2. The Bertz CT molecular complexity index is 1010. The molecule has 25 heavy (non-hydrogen) atoms. The van der Waals surface area contributed by atoms with Crippen molar-refractivity contribution in [3.63, 3.8) is 0 Å². The summed E-state index contributed by atoms with van der Waals surface area (Å²) >= 11 is 1.47. The van der Waals surface area contributed by atoms with Crippen LogP contribution in [0.4, 0.5) is 0 Å². The van der Waals surface area contributed by atoms with Crippen molar-refractivity contribution in [2.75, 3.05) is 14.2 Å². The van der Waals surface area contributed by atoms with Crippen LogP contribution in [0.1, 0.15) is 6.92 Å². The highest BCUT2D eigenvalue weighted by atomic mass is 32.1. The van der Waals surface area contributed by atoms with Gasteiger partial charge in [-0.3, -0.25) is 4.68 Å². The van der Waals surface area contributed by atoms with Gasteiger partial charge in [-0.25, -0.2) is 0 Å². The number of benzene rings is 1. The van der Waals surface area contributed by atoms with E-state index >= 15 is 0 Å². The number of aromatic nitrogens is 6. The molecule has 3 heterocycles. The smallest absolute Gasteiger partial charge is 0.235 e. The standard InChI is InChI=1S/C16H16N6O2S/c1-4-21-9-11(8-17-21)15-20-22-14(18-19-16(22)25-15)10-5-12(23-2)7-13(6-10)24-3/h5-9H,4H2,1-3H3. The molecule has 8 nitrogen and oxygen atoms in total. The van der Waals surface area contributed by atoms with Gasteiger partial charge < -0.3 is 9.47 Å². The normalized spacial score (nSPS) is 11.2. The van der Waals surface area contributed by atoms with E-state index in [1.165, 1.54) is 11.3 Å². The predicted octanol–water partition coefficient (Wildman–Crippen LogP) is 2.75. The van der Waals surface area contributed by atoms with Crippen LogP contribution in [0.25, 0.3) is 26.9 Å². The minimum Gasteiger partial charge on any atom is -0.497 e. The van der Waals surface area contributed by atoms with Crippen LogP contribution in [0, 0.1) is 0 Å². The molecule has 9 heteroatoms. The third-order valence-corrected chi connectivity index (χ3v) is 4.75. The summed E-state index contributed by atoms with van der Waals surface area (Å²) < 4.78 is 14.3. The molecule has 128 valence electrons. The van der Waals surface area contributed by atoms with E-state index in [4.69, 9.17) is 9.47 Å². The molecule has 4 aromatic rings. The molecular weight excluding hydrogens is 340 g/mol. The Labute approximate surface area is 147 Å². The van der Waals surface area contributed by atoms with Crippen molar-refractivity contribution in [3.05, 3.63) is 30.6 Å². The van der Waals surface area contributed by atoms with Gasteiger partial charge in [0, 0.05) is 24.4 Å². The monoisotopic (exact) mass is 356 g/mol. The van der Waals surface area contributed by atoms with Gasteiger partial charge in [0.2, 0.25) is 4.96 Å². The zero-order valence-corrected chi connectivity index (χ0v) is 14.8. The van der Waals surface area contributed by atoms with Crippen LogP contribution < -0.4 is 9.47 Å². The van der Waals surface area contributed by atoms with Crippen molar-refractivity contribution in [2.45, 2.75) is 13.5 Å². The second-order valence-corrected chi connectivity index (χ2v) is 6.27. The highest BCUT2D eigenvalue weighted by Crippen LogP contribution is 2.31. The van der Waals surface area contributed by atoms with Crippen molar-refractivity contribution in [1.29, 1.82) is 0 Å². The van der Waals surface area contributed by atoms with E-state index in [0.717, 1.165) is 27.6 Å². The van der Waals surface area contributed by atoms with Crippen molar-refractivity contribution < 1.29 is 9.47 Å². The van der Waals surface area contributed by atoms with E-state index in [9.17, 15) is 0 Å². The van der Waals surface area contributed by atoms with Crippen LogP contribution in [0.2, 0.25) is 0 Å². The Balaban J connectivity index is 1.81. The Morgan fingerprint density at radius 2 is 1.80 bits per heavy atom. The van der Waals surface area contributed by atoms with Gasteiger partial charge in [0.25, 0.3) is 0 Å². The zero-order valence-electron chi connectivity index (χ0n) is 14.0. The van der Waals surface area contributed by atoms with Crippen LogP contribution >= 0.6 is 11.3 Å². The molecule has 0 aliphatic heterocycles. The SMILES string of the molecule is CCn1cc(-c2nn3c(-c4cc(OC)cc(OC)c4)nnc3s2)cn1. The Morgan fingerprint density at radius 1 is 1.04 bits per heavy atom. The molecular formula is C16H16N6O2S. The summed E-state index contributed by atoms with van der Waals surface area (Å²) in [5.74, 6) is 2.01. The molecule has 0 atom stereocenters. The molecule has 0 aliphatic carbocycles. The maximum absolute atomic E-state index is 5.33. The number of rotatable bonds is 5. The summed E-state index contributed by atoms with van der Waals surface area (Å²) in [6.07, 6.45) is 3.78. The molecule has 3 aromatic heterocycles. The van der Waals surface area contributed by atoms with Crippen LogP contribution in [0.5, 0.6) is 11.5 Å². The lowest BCUT2D eigenvalue weighted by Crippen LogP contribution is -1.94. The summed E-state index contributed by atoms with van der Waals surface area (Å²) in [6, 6.07) is 5.58. The Kier molecular flexibility index (Phi) is 3.85. The van der Waals surface area contributed by atoms with E-state index in [1.54, 1.807) is 18.7 Å². The number of hydrogen-bond donors (Lipinski definition) is 0. The van der Waals surface area contributed by atoms with E-state index in [-0.39, 0.29) is 0 Å². The molecule has 0 N–H and O–H groups in total. The summed E-state index contributed by atoms with van der Waals surface area (Å²) in [4.78, 5) is 0.719. The molecule has 0 fully saturated rings. The number of fused-ring (bicyclic) bond motifs is 1. The van der Waals surface area contributed by atoms with Crippen LogP contribution in [0.3, 0.4) is 0 Å². The maximum Gasteiger partial charge on any atom is 0.235 e. The van der Waals surface area contributed by atoms with Gasteiger partial charge >= 0.3 is 0 Å². The minimum atomic E-state index is 0.637. The van der Waals surface area contributed by atoms with Crippen molar-refractivity contribution >= 4 is 16.3 Å². The zero-order chi connectivity index (χ0) is 17.4. The topological polar surface area (TPSA) is 79.4 Å². The van der Waals surface area contributed by atoms with Gasteiger partial charge in [-0.1, -0.05) is 11.3 Å². The largest absolute Gasteiger partial charge is 0.497 e. The molecule has 0 spiro atoms. The summed E-state index contributed by atoms with van der Waals surface area (Å²) in [6.45, 7) is 2.86. The van der Waals surface area contributed by atoms with Crippen LogP contribution in [-0.4, -0.2) is 43.8 Å². The molecule has 0 radical (unpaired) electrons. The quantitative estimate of drug-likeness (QED) is 0.547. The van der Waals surface area contributed by atoms with Crippen LogP contribution in [0.15, 0.2) is 30.6 Å². The number of ether oxygens (including phenoxy) is 2. The van der Waals surface area contributed by atoms with Crippen LogP contribution in [-0.2, 0) is 6.54 Å². The van der Waals surface area contributed by atoms with Gasteiger partial charge in [0.15, 0.2) is 10.8 Å². The first kappa shape index (κ1) is 15.6. The third-order valence-electron chi connectivity index (χ3n) is 3.80. The lowest BCUT2D eigenvalue weighted by molar-refractivity contribution is 0.394. The van der Waals surface area contributed by atoms with E-state index in [2.05, 4.69) is 20.4 Å². The fourth-order valence-electron chi connectivity index (χ4n) is 2.50. The van der Waals surface area contributed by atoms with Gasteiger partial charge in [-0.2, -0.15) is 14.7 Å². The average Bonchev–Trinajstić information content (AvgIpc) is 3.35. The van der Waals surface area contributed by atoms with E-state index in [0.29, 0.717) is 17.3 Å². The molecule has 0 saturated heterocycles. The highest BCUT2D eigenvalue weighted by Gasteiger charge is 2.16. The van der Waals surface area contributed by atoms with Crippen molar-refractivity contribution in [2.24, 2.45) is 0 Å². The first-order valence-corrected chi connectivity index (χ1v) is 8.52. The molecule has 0 aliphatic rings. The molecule has 0 bridgehead atoms. The number of aryl methyl sites for hydroxylation is 1. The summed E-state index contributed by atoms with van der Waals surface area (Å²) in [5, 5.41) is 18.3. The predicted molar refractivity (Wildman–Crippen MR) is 94.1 cm³/mol. The number of nitrogens with zero attached hydrogens (tertiary/aromatic N) is 6. The first-order valence-electron chi connectivity index (χ1n) is 7.70. The summed E-state index contributed by atoms with van der Waals surface area (Å²) in [5.41, 5.74) is 1.79. The lowest BCUT2D eigenvalue weighted by Gasteiger charge is -2.06. The maximum atomic E-state index is 5.33. The fourth-order valence-corrected chi connectivity index (χ4v) is 3.31. The molecule has 0 saturated carbocycles. The van der Waals surface area contributed by atoms with E-state index in [1.807, 2.05) is 42.2 Å². The van der Waals surface area contributed by atoms with Gasteiger partial charge in [-0.15, -0.1) is 10.2 Å². The van der Waals surface area contributed by atoms with Crippen molar-refractivity contribution in [3.8, 4) is 33.5 Å². The van der Waals surface area contributed by atoms with Crippen molar-refractivity contribution in [1.82, 2.24) is 29.6 Å². The highest BCUT2D eigenvalue weighted by molar-refractivity contribution is 7.19. The number of hydrogen-bond acceptors (Lipinski definition) is 7. The molecule has 1 aromatic carbocycles. The van der Waals surface area contributed by atoms with Gasteiger partial charge in [-0.05, 0) is 19.1 Å². The second-order valence-electron chi connectivity index (χ2n) is 5.31. The van der Waals surface area contributed by atoms with Gasteiger partial charge in [0.1, 0.15) is 11.5 Å². The molecule has 4 rings (SSSR count). The Morgan fingerprint density at radius 3 is 2.44 bits per heavy atom. The minimum absolute atomic E-state index is 0.637. The third kappa shape index (κ3) is 2.72. The van der Waals surface area contributed by atoms with Gasteiger partial charge in [0.05, 0.1) is 26.0 Å². The molecule has 0 unspecified atom stereocenters. The van der Waals surface area contributed by atoms with E-state index < -0.39 is 0 Å².